The van der Waals surface area contributed by atoms with Crippen LogP contribution in [0.5, 0.6) is 0 Å². The van der Waals surface area contributed by atoms with Crippen LogP contribution in [0.3, 0.4) is 0 Å². The van der Waals surface area contributed by atoms with Gasteiger partial charge in [-0.15, -0.1) is 0 Å². The Labute approximate surface area is 228 Å². The number of amides is 1. The van der Waals surface area contributed by atoms with E-state index in [1.54, 1.807) is 21.8 Å². The van der Waals surface area contributed by atoms with Gasteiger partial charge in [-0.05, 0) is 36.8 Å². The average Bonchev–Trinajstić information content (AvgIpc) is 3.37. The van der Waals surface area contributed by atoms with Gasteiger partial charge in [0.05, 0.1) is 22.9 Å². The van der Waals surface area contributed by atoms with E-state index in [9.17, 15) is 4.79 Å². The summed E-state index contributed by atoms with van der Waals surface area (Å²) < 4.78 is 24.2. The summed E-state index contributed by atoms with van der Waals surface area (Å²) in [4.78, 5) is 27.7. The van der Waals surface area contributed by atoms with Gasteiger partial charge in [-0.1, -0.05) is 36.3 Å². The van der Waals surface area contributed by atoms with Crippen molar-refractivity contribution in [2.45, 2.75) is 37.8 Å². The molecule has 2 N–H and O–H groups in total. The van der Waals surface area contributed by atoms with Gasteiger partial charge in [-0.2, -0.15) is 5.10 Å². The average molecular weight is 537 g/mol. The molecule has 7 rings (SSSR count). The Morgan fingerprint density at radius 3 is 2.80 bits per heavy atom. The van der Waals surface area contributed by atoms with Crippen LogP contribution in [0, 0.1) is 17.7 Å². The quantitative estimate of drug-likeness (QED) is 0.345. The number of nitrogen functional groups attached to an aromatic ring is 1. The fraction of sp³-hybridized carbons (Fsp3) is 0.276. The molecule has 1 saturated heterocycles. The molecule has 2 aromatic carbocycles. The van der Waals surface area contributed by atoms with Gasteiger partial charge in [-0.25, -0.2) is 28.7 Å². The zero-order valence-electron chi connectivity index (χ0n) is 21.5. The zero-order valence-corrected chi connectivity index (χ0v) is 21.5. The first kappa shape index (κ1) is 24.1. The summed E-state index contributed by atoms with van der Waals surface area (Å²) in [5.74, 6) is 6.20. The molecule has 1 amide bonds. The van der Waals surface area contributed by atoms with Gasteiger partial charge in [0.25, 0.3) is 0 Å². The molecule has 2 fully saturated rings. The fourth-order valence-electron chi connectivity index (χ4n) is 5.19. The van der Waals surface area contributed by atoms with Crippen LogP contribution >= 0.6 is 0 Å². The van der Waals surface area contributed by atoms with E-state index in [0.29, 0.717) is 48.1 Å². The second-order valence-corrected chi connectivity index (χ2v) is 10.1. The van der Waals surface area contributed by atoms with Crippen LogP contribution in [0.2, 0.25) is 0 Å². The summed E-state index contributed by atoms with van der Waals surface area (Å²) in [6.07, 6.45) is 5.58. The number of hydrogen-bond acceptors (Lipinski definition) is 7. The molecule has 0 bridgehead atoms. The number of nitrogens with two attached hydrogens (primary N) is 1. The topological polar surface area (TPSA) is 116 Å². The molecule has 3 aromatic heterocycles. The van der Waals surface area contributed by atoms with E-state index in [2.05, 4.69) is 26.9 Å². The van der Waals surface area contributed by atoms with Crippen molar-refractivity contribution in [2.75, 3.05) is 18.8 Å². The van der Waals surface area contributed by atoms with Crippen LogP contribution in [-0.2, 0) is 11.3 Å². The van der Waals surface area contributed by atoms with Crippen LogP contribution in [0.25, 0.3) is 16.6 Å². The molecule has 200 valence electrons. The lowest BCUT2D eigenvalue weighted by atomic mass is 10.1. The normalized spacial score (nSPS) is 16.8. The number of likely N-dealkylation sites (tertiary alicyclic amines) is 1. The minimum atomic E-state index is -0.421. The first-order valence-electron chi connectivity index (χ1n) is 13.2. The van der Waals surface area contributed by atoms with Crippen LogP contribution in [-0.4, -0.2) is 53.2 Å². The maximum absolute atomic E-state index is 15.0. The molecular formula is C29H25FN8O2. The number of carbonyl (C=O) groups excluding carboxylic acids is 1. The SMILES string of the molecule is Nc1ncnn2c(C3CCN(C(=O)OCc4ccccc4)C3)nc(C#Cc3cc4ncn(C5CC5)c4cc3F)c12. The summed E-state index contributed by atoms with van der Waals surface area (Å²) in [5, 5.41) is 4.37. The lowest BCUT2D eigenvalue weighted by Crippen LogP contribution is -2.29. The third-order valence-corrected chi connectivity index (χ3v) is 7.42. The number of hydrogen-bond donors (Lipinski definition) is 1. The highest BCUT2D eigenvalue weighted by molar-refractivity contribution is 5.78. The van der Waals surface area contributed by atoms with Gasteiger partial charge in [0.15, 0.2) is 5.82 Å². The Morgan fingerprint density at radius 2 is 1.98 bits per heavy atom. The molecule has 1 saturated carbocycles. The largest absolute Gasteiger partial charge is 0.445 e. The molecule has 40 heavy (non-hydrogen) atoms. The number of fused-ring (bicyclic) bond motifs is 2. The monoisotopic (exact) mass is 536 g/mol. The Morgan fingerprint density at radius 1 is 1.12 bits per heavy atom. The highest BCUT2D eigenvalue weighted by Gasteiger charge is 2.32. The minimum absolute atomic E-state index is 0.110. The molecule has 5 aromatic rings. The Balaban J connectivity index is 1.15. The van der Waals surface area contributed by atoms with Crippen molar-refractivity contribution >= 4 is 28.5 Å². The molecular weight excluding hydrogens is 511 g/mol. The lowest BCUT2D eigenvalue weighted by Gasteiger charge is -2.16. The van der Waals surface area contributed by atoms with E-state index in [1.807, 2.05) is 34.9 Å². The molecule has 1 aliphatic carbocycles. The smallest absolute Gasteiger partial charge is 0.410 e. The number of rotatable bonds is 4. The highest BCUT2D eigenvalue weighted by Crippen LogP contribution is 2.37. The number of ether oxygens (including phenoxy) is 1. The molecule has 1 unspecified atom stereocenters. The lowest BCUT2D eigenvalue weighted by molar-refractivity contribution is 0.104. The maximum Gasteiger partial charge on any atom is 0.410 e. The van der Waals surface area contributed by atoms with Crippen LogP contribution < -0.4 is 5.73 Å². The third-order valence-electron chi connectivity index (χ3n) is 7.42. The Bertz CT molecular complexity index is 1820. The molecule has 0 spiro atoms. The van der Waals surface area contributed by atoms with Gasteiger partial charge in [-0.3, -0.25) is 0 Å². The van der Waals surface area contributed by atoms with Crippen LogP contribution in [0.4, 0.5) is 15.0 Å². The molecule has 10 nitrogen and oxygen atoms in total. The predicted molar refractivity (Wildman–Crippen MR) is 145 cm³/mol. The Hall–Kier alpha value is -4.98. The number of aromatic nitrogens is 6. The second kappa shape index (κ2) is 9.64. The Kier molecular flexibility index (Phi) is 5.81. The van der Waals surface area contributed by atoms with Gasteiger partial charge in [0.1, 0.15) is 35.8 Å². The molecule has 11 heteroatoms. The number of anilines is 1. The van der Waals surface area contributed by atoms with Gasteiger partial charge in [0, 0.05) is 31.1 Å². The first-order chi connectivity index (χ1) is 19.5. The summed E-state index contributed by atoms with van der Waals surface area (Å²) in [6, 6.07) is 13.1. The molecule has 1 atom stereocenters. The predicted octanol–water partition coefficient (Wildman–Crippen LogP) is 4.06. The van der Waals surface area contributed by atoms with E-state index in [1.165, 1.54) is 12.4 Å². The summed E-state index contributed by atoms with van der Waals surface area (Å²) in [7, 11) is 0. The fourth-order valence-corrected chi connectivity index (χ4v) is 5.19. The van der Waals surface area contributed by atoms with Gasteiger partial charge < -0.3 is 19.9 Å². The number of nitrogens with zero attached hydrogens (tertiary/aromatic N) is 7. The van der Waals surface area contributed by atoms with Crippen LogP contribution in [0.1, 0.15) is 53.9 Å². The molecule has 2 aliphatic rings. The van der Waals surface area contributed by atoms with E-state index in [0.717, 1.165) is 23.9 Å². The van der Waals surface area contributed by atoms with Crippen molar-refractivity contribution in [3.05, 3.63) is 83.6 Å². The molecule has 1 aliphatic heterocycles. The van der Waals surface area contributed by atoms with Crippen molar-refractivity contribution < 1.29 is 13.9 Å². The van der Waals surface area contributed by atoms with Gasteiger partial charge in [0.2, 0.25) is 0 Å². The first-order valence-corrected chi connectivity index (χ1v) is 13.2. The van der Waals surface area contributed by atoms with E-state index in [4.69, 9.17) is 15.5 Å². The maximum atomic E-state index is 15.0. The van der Waals surface area contributed by atoms with Crippen molar-refractivity contribution in [1.82, 2.24) is 34.0 Å². The summed E-state index contributed by atoms with van der Waals surface area (Å²) in [5.41, 5.74) is 9.61. The summed E-state index contributed by atoms with van der Waals surface area (Å²) >= 11 is 0. The van der Waals surface area contributed by atoms with E-state index in [-0.39, 0.29) is 30.0 Å². The van der Waals surface area contributed by atoms with Crippen molar-refractivity contribution in [1.29, 1.82) is 0 Å². The number of carbonyl (C=O) groups is 1. The van der Waals surface area contributed by atoms with Crippen molar-refractivity contribution in [2.24, 2.45) is 0 Å². The second-order valence-electron chi connectivity index (χ2n) is 10.1. The van der Waals surface area contributed by atoms with E-state index >= 15 is 4.39 Å². The van der Waals surface area contributed by atoms with Gasteiger partial charge >= 0.3 is 6.09 Å². The van der Waals surface area contributed by atoms with Crippen molar-refractivity contribution in [3.63, 3.8) is 0 Å². The summed E-state index contributed by atoms with van der Waals surface area (Å²) in [6.45, 7) is 1.14. The standard InChI is InChI=1S/C29H25FN8O2/c30-22-13-25-24(33-17-37(25)21-7-8-21)12-19(22)6-9-23-26-27(31)32-16-34-38(26)28(35-23)20-10-11-36(14-20)29(39)40-15-18-4-2-1-3-5-18/h1-5,12-13,16-17,20-21H,7-8,10-11,14-15H2,(H2,31,32,34). The minimum Gasteiger partial charge on any atom is -0.445 e. The number of halogens is 1. The van der Waals surface area contributed by atoms with E-state index < -0.39 is 5.82 Å². The number of benzene rings is 2. The van der Waals surface area contributed by atoms with Crippen molar-refractivity contribution in [3.8, 4) is 11.8 Å². The zero-order chi connectivity index (χ0) is 27.2. The molecule has 0 radical (unpaired) electrons. The van der Waals surface area contributed by atoms with Crippen LogP contribution in [0.15, 0.2) is 55.1 Å². The third kappa shape index (κ3) is 4.37. The highest BCUT2D eigenvalue weighted by atomic mass is 19.1. The molecule has 4 heterocycles. The number of imidazole rings is 2.